The van der Waals surface area contributed by atoms with Gasteiger partial charge in [-0.2, -0.15) is 0 Å². The molecule has 0 atom stereocenters. The summed E-state index contributed by atoms with van der Waals surface area (Å²) in [5, 5.41) is -3.07. The van der Waals surface area contributed by atoms with Gasteiger partial charge in [0.05, 0.1) is 81.3 Å². The predicted octanol–water partition coefficient (Wildman–Crippen LogP) is 14.3. The van der Waals surface area contributed by atoms with E-state index >= 15 is 0 Å². The maximum absolute atomic E-state index is 10.4. The number of hydrogen-bond acceptors (Lipinski definition) is 0. The molecular weight excluding hydrogens is 691 g/mol. The highest BCUT2D eigenvalue weighted by atomic mass is 15.1. The van der Waals surface area contributed by atoms with Crippen molar-refractivity contribution in [3.05, 3.63) is 212 Å². The Bertz CT molecular complexity index is 5190. The summed E-state index contributed by atoms with van der Waals surface area (Å²) in [6.07, 6.45) is 0. The molecule has 0 saturated heterocycles. The maximum atomic E-state index is 10.4. The monoisotopic (exact) mass is 756 g/mol. The normalized spacial score (nSPS) is 19.5. The van der Waals surface area contributed by atoms with Crippen molar-refractivity contribution in [1.29, 1.82) is 0 Å². The molecular formula is C54H35N3. The SMILES string of the molecule is [2H]c1c([2H])c([2H])c(-c2c([2H])c([2H])c(-c3ccc(-n4c5c([2H])c([2H])c([2H])c([2H])c5c5c([2H])c([2H])c(-n6c7c([2H])c([2H])c([2H])c([2H])c7c7c([2H])c([2H])c([2H])c(-n8c9c([2H])c([2H])c([2H])c([2H])c9c9c([2H])c([2H])c([2H])c([2H])c98)c76)c([2H])c54)cc3)c([2H])c2[2H])c([2H])c1[2H]. The van der Waals surface area contributed by atoms with Gasteiger partial charge in [0.25, 0.3) is 0 Å². The molecule has 0 aliphatic heterocycles. The molecule has 3 heteroatoms. The lowest BCUT2D eigenvalue weighted by molar-refractivity contribution is 1.13. The van der Waals surface area contributed by atoms with Crippen molar-refractivity contribution in [2.24, 2.45) is 0 Å². The zero-order valence-electron chi connectivity index (χ0n) is 59.7. The van der Waals surface area contributed by atoms with E-state index in [1.165, 1.54) is 24.3 Å². The topological polar surface area (TPSA) is 14.8 Å². The second-order valence-electron chi connectivity index (χ2n) is 12.6. The molecule has 12 rings (SSSR count). The van der Waals surface area contributed by atoms with Crippen LogP contribution in [0.3, 0.4) is 0 Å². The number of benzene rings is 9. The van der Waals surface area contributed by atoms with Crippen LogP contribution in [0.25, 0.3) is 105 Å². The number of rotatable bonds is 5. The molecule has 0 aliphatic rings. The van der Waals surface area contributed by atoms with Crippen molar-refractivity contribution < 1.29 is 42.5 Å². The van der Waals surface area contributed by atoms with Gasteiger partial charge in [0.2, 0.25) is 0 Å². The summed E-state index contributed by atoms with van der Waals surface area (Å²) in [6.45, 7) is 0. The lowest BCUT2D eigenvalue weighted by Crippen LogP contribution is -2.01. The van der Waals surface area contributed by atoms with E-state index < -0.39 is 275 Å². The number of aromatic nitrogens is 3. The van der Waals surface area contributed by atoms with Gasteiger partial charge in [0.1, 0.15) is 0 Å². The molecule has 0 spiro atoms. The third kappa shape index (κ3) is 4.79. The maximum Gasteiger partial charge on any atom is 0.0782 e. The van der Waals surface area contributed by atoms with Crippen LogP contribution in [0.4, 0.5) is 0 Å². The van der Waals surface area contributed by atoms with Gasteiger partial charge in [0.15, 0.2) is 0 Å². The Kier molecular flexibility index (Phi) is 3.02. The highest BCUT2D eigenvalue weighted by Crippen LogP contribution is 2.41. The van der Waals surface area contributed by atoms with E-state index in [1.54, 1.807) is 0 Å². The zero-order chi connectivity index (χ0) is 64.4. The summed E-state index contributed by atoms with van der Waals surface area (Å²) >= 11 is 0. The van der Waals surface area contributed by atoms with Crippen LogP contribution in [-0.4, -0.2) is 13.7 Å². The van der Waals surface area contributed by atoms with Gasteiger partial charge < -0.3 is 13.7 Å². The standard InChI is InChI=1S/C54H35N3/c1-2-13-36(14-3-1)37-25-27-38(28-26-37)39-29-31-40(32-30-39)55-48-20-8-4-17-44(48)46-34-33-41(35-53(46)55)56-49-21-9-7-18-45(49)47-19-12-24-52(54(47)56)57-50-22-10-5-15-42(50)43-16-6-11-23-51(43)57/h1-35H/i1D,2D,3D,4D,5D,6D,7D,8D,9D,10D,11D,12D,13D,14D,15D,16D,17D,18D,19D,20D,21D,22D,23D,24D,25D,26D,27D,28D,33D,34D,35D. The van der Waals surface area contributed by atoms with Crippen molar-refractivity contribution in [3.8, 4) is 39.3 Å². The Morgan fingerprint density at radius 3 is 1.35 bits per heavy atom. The summed E-state index contributed by atoms with van der Waals surface area (Å²) < 4.78 is 283. The molecule has 0 N–H and O–H groups in total. The summed E-state index contributed by atoms with van der Waals surface area (Å²) in [4.78, 5) is 0. The first-order valence-electron chi connectivity index (χ1n) is 32.6. The molecule has 0 bridgehead atoms. The van der Waals surface area contributed by atoms with Gasteiger partial charge >= 0.3 is 0 Å². The van der Waals surface area contributed by atoms with Gasteiger partial charge in [-0.15, -0.1) is 0 Å². The van der Waals surface area contributed by atoms with Gasteiger partial charge in [-0.1, -0.05) is 157 Å². The van der Waals surface area contributed by atoms with Gasteiger partial charge in [-0.3, -0.25) is 0 Å². The van der Waals surface area contributed by atoms with Crippen molar-refractivity contribution in [1.82, 2.24) is 13.7 Å². The molecule has 0 amide bonds. The minimum atomic E-state index is -1.01. The minimum absolute atomic E-state index is 0.0321. The molecule has 3 nitrogen and oxygen atoms in total. The average Bonchev–Trinajstić information content (AvgIpc) is 1.52. The molecule has 57 heavy (non-hydrogen) atoms. The van der Waals surface area contributed by atoms with Crippen LogP contribution in [0.15, 0.2) is 212 Å². The Morgan fingerprint density at radius 2 is 0.737 bits per heavy atom. The lowest BCUT2D eigenvalue weighted by atomic mass is 10.0. The molecule has 9 aromatic carbocycles. The largest absolute Gasteiger partial charge is 0.309 e. The average molecular weight is 757 g/mol. The number of fused-ring (bicyclic) bond motifs is 9. The Balaban J connectivity index is 1.26. The smallest absolute Gasteiger partial charge is 0.0782 e. The van der Waals surface area contributed by atoms with Crippen molar-refractivity contribution in [3.63, 3.8) is 0 Å². The van der Waals surface area contributed by atoms with Gasteiger partial charge in [-0.05, 0) is 76.7 Å². The Hall–Kier alpha value is -7.62. The highest BCUT2D eigenvalue weighted by molar-refractivity contribution is 6.16. The first-order chi connectivity index (χ1) is 41.2. The Morgan fingerprint density at radius 1 is 0.281 bits per heavy atom. The number of para-hydroxylation sites is 5. The molecule has 3 aromatic heterocycles. The van der Waals surface area contributed by atoms with E-state index in [4.69, 9.17) is 26.0 Å². The molecule has 266 valence electrons. The number of hydrogen-bond donors (Lipinski definition) is 0. The Labute approximate surface area is 373 Å². The molecule has 0 aliphatic carbocycles. The van der Waals surface area contributed by atoms with Crippen LogP contribution in [0.5, 0.6) is 0 Å². The lowest BCUT2D eigenvalue weighted by Gasteiger charge is -2.15. The van der Waals surface area contributed by atoms with Crippen LogP contribution in [0.1, 0.15) is 42.5 Å². The highest BCUT2D eigenvalue weighted by Gasteiger charge is 2.21. The summed E-state index contributed by atoms with van der Waals surface area (Å²) in [5.74, 6) is 0. The minimum Gasteiger partial charge on any atom is -0.309 e. The third-order valence-corrected chi connectivity index (χ3v) is 9.61. The van der Waals surface area contributed by atoms with Crippen LogP contribution in [0.2, 0.25) is 0 Å². The molecule has 12 aromatic rings. The van der Waals surface area contributed by atoms with Crippen LogP contribution < -0.4 is 0 Å². The van der Waals surface area contributed by atoms with E-state index in [0.717, 1.165) is 13.7 Å². The fraction of sp³-hybridized carbons (Fsp3) is 0. The van der Waals surface area contributed by atoms with E-state index in [1.807, 2.05) is 0 Å². The first kappa shape index (κ1) is 13.8. The quantitative estimate of drug-likeness (QED) is 0.166. The summed E-state index contributed by atoms with van der Waals surface area (Å²) in [7, 11) is 0. The molecule has 0 unspecified atom stereocenters. The summed E-state index contributed by atoms with van der Waals surface area (Å²) in [6, 6.07) is -21.2. The third-order valence-electron chi connectivity index (χ3n) is 9.61. The second-order valence-corrected chi connectivity index (χ2v) is 12.6. The predicted molar refractivity (Wildman–Crippen MR) is 240 cm³/mol. The fourth-order valence-electron chi connectivity index (χ4n) is 7.19. The van der Waals surface area contributed by atoms with E-state index in [9.17, 15) is 16.4 Å². The second kappa shape index (κ2) is 12.5. The van der Waals surface area contributed by atoms with Gasteiger partial charge in [0, 0.05) is 43.7 Å². The van der Waals surface area contributed by atoms with Gasteiger partial charge in [-0.25, -0.2) is 0 Å². The number of nitrogens with zero attached hydrogens (tertiary/aromatic N) is 3. The van der Waals surface area contributed by atoms with E-state index in [2.05, 4.69) is 0 Å². The van der Waals surface area contributed by atoms with Crippen LogP contribution in [0, 0.1) is 0 Å². The van der Waals surface area contributed by atoms with Crippen LogP contribution in [-0.2, 0) is 0 Å². The van der Waals surface area contributed by atoms with E-state index in [0.29, 0.717) is 0 Å². The van der Waals surface area contributed by atoms with E-state index in [-0.39, 0.29) is 16.8 Å². The fourth-order valence-corrected chi connectivity index (χ4v) is 7.19. The molecule has 0 fully saturated rings. The van der Waals surface area contributed by atoms with Crippen molar-refractivity contribution in [2.75, 3.05) is 0 Å². The molecule has 3 heterocycles. The van der Waals surface area contributed by atoms with Crippen LogP contribution >= 0.6 is 0 Å². The summed E-state index contributed by atoms with van der Waals surface area (Å²) in [5.41, 5.74) is -6.73. The molecule has 0 radical (unpaired) electrons. The zero-order valence-corrected chi connectivity index (χ0v) is 28.7. The van der Waals surface area contributed by atoms with Crippen molar-refractivity contribution >= 4 is 65.4 Å². The van der Waals surface area contributed by atoms with Crippen molar-refractivity contribution in [2.45, 2.75) is 0 Å². The molecule has 0 saturated carbocycles. The first-order valence-corrected chi connectivity index (χ1v) is 17.1.